The van der Waals surface area contributed by atoms with Crippen LogP contribution in [0.1, 0.15) is 47.1 Å². The predicted molar refractivity (Wildman–Crippen MR) is 219 cm³/mol. The topological polar surface area (TPSA) is 271 Å². The Bertz CT molecular complexity index is 2610. The van der Waals surface area contributed by atoms with Gasteiger partial charge in [0, 0.05) is 65.3 Å². The van der Waals surface area contributed by atoms with Gasteiger partial charge in [-0.3, -0.25) is 33.6 Å². The summed E-state index contributed by atoms with van der Waals surface area (Å²) < 4.78 is 66.4. The fourth-order valence-corrected chi connectivity index (χ4v) is 6.44. The lowest BCUT2D eigenvalue weighted by atomic mass is 9.98. The maximum atomic E-state index is 13.5. The highest BCUT2D eigenvalue weighted by Crippen LogP contribution is 2.44. The Morgan fingerprint density at radius 2 is 1.23 bits per heavy atom. The molecule has 1 N–H and O–H groups in total. The number of hydrogen-bond acceptors (Lipinski definition) is 21. The summed E-state index contributed by atoms with van der Waals surface area (Å²) >= 11 is 0. The molecule has 1 aliphatic heterocycles. The molecule has 0 radical (unpaired) electrons. The Balaban J connectivity index is 1.52. The van der Waals surface area contributed by atoms with Crippen molar-refractivity contribution >= 4 is 58.8 Å². The molecule has 4 aromatic rings. The van der Waals surface area contributed by atoms with Crippen LogP contribution >= 0.6 is 0 Å². The van der Waals surface area contributed by atoms with Gasteiger partial charge in [-0.05, 0) is 42.0 Å². The van der Waals surface area contributed by atoms with Gasteiger partial charge in [0.25, 0.3) is 0 Å². The third-order valence-corrected chi connectivity index (χ3v) is 8.84. The molecule has 0 aliphatic carbocycles. The summed E-state index contributed by atoms with van der Waals surface area (Å²) in [5.41, 5.74) is -0.383. The molecule has 2 heterocycles. The number of fused-ring (bicyclic) bond motifs is 1. The molecular formula is C44H42O21. The number of carbonyl (C=O) groups is 7. The molecule has 1 fully saturated rings. The lowest BCUT2D eigenvalue weighted by Gasteiger charge is -2.44. The average molecular weight is 907 g/mol. The standard InChI is InChI=1S/C44H42O21/c1-20(45)57-29-13-11-27(16-32(29)54-7)31-17-28(51)38-34(63-31)18-35(40(55-8)39(38)53)64-44-43(62-25(6)50)42(61-24(5)49)41(60-23(4)48)36(65-44)19-56-37(52)14-10-26-9-12-30(58-21(2)46)33(15-26)59-22(3)47/h9-18,36,41-44,53H,19H2,1-8H3/b14-10+/t36-,41-,42+,43-,44-/m1/s1. The summed E-state index contributed by atoms with van der Waals surface area (Å²) in [5.74, 6) is -7.26. The number of benzene rings is 3. The lowest BCUT2D eigenvalue weighted by molar-refractivity contribution is -0.288. The fourth-order valence-electron chi connectivity index (χ4n) is 6.44. The van der Waals surface area contributed by atoms with Crippen LogP contribution in [0.2, 0.25) is 0 Å². The van der Waals surface area contributed by atoms with E-state index in [1.165, 1.54) is 56.5 Å². The van der Waals surface area contributed by atoms with Crippen LogP contribution in [0.3, 0.4) is 0 Å². The number of hydrogen-bond donors (Lipinski definition) is 1. The Labute approximate surface area is 368 Å². The molecule has 0 spiro atoms. The summed E-state index contributed by atoms with van der Waals surface area (Å²) in [6.45, 7) is 5.86. The van der Waals surface area contributed by atoms with E-state index in [2.05, 4.69) is 0 Å². The zero-order valence-corrected chi connectivity index (χ0v) is 36.0. The van der Waals surface area contributed by atoms with Crippen molar-refractivity contribution in [3.05, 3.63) is 70.4 Å². The normalized spacial score (nSPS) is 17.9. The summed E-state index contributed by atoms with van der Waals surface area (Å²) in [7, 11) is 2.48. The van der Waals surface area contributed by atoms with Gasteiger partial charge in [-0.15, -0.1) is 0 Å². The molecule has 21 heteroatoms. The van der Waals surface area contributed by atoms with E-state index in [0.29, 0.717) is 5.56 Å². The second-order valence-electron chi connectivity index (χ2n) is 13.8. The Hall–Kier alpha value is -7.94. The molecule has 0 saturated carbocycles. The number of phenolic OH excluding ortho intramolecular Hbond substituents is 1. The highest BCUT2D eigenvalue weighted by molar-refractivity contribution is 5.90. The summed E-state index contributed by atoms with van der Waals surface area (Å²) in [6.07, 6.45) is -6.10. The molecule has 0 bridgehead atoms. The van der Waals surface area contributed by atoms with Gasteiger partial charge in [0.05, 0.1) is 14.2 Å². The zero-order chi connectivity index (χ0) is 47.7. The second kappa shape index (κ2) is 21.0. The van der Waals surface area contributed by atoms with Gasteiger partial charge >= 0.3 is 41.8 Å². The second-order valence-corrected chi connectivity index (χ2v) is 13.8. The van der Waals surface area contributed by atoms with Crippen LogP contribution in [0.4, 0.5) is 0 Å². The molecule has 0 unspecified atom stereocenters. The monoisotopic (exact) mass is 906 g/mol. The number of carbonyl (C=O) groups excluding carboxylic acids is 7. The van der Waals surface area contributed by atoms with Gasteiger partial charge in [0.2, 0.25) is 18.1 Å². The van der Waals surface area contributed by atoms with E-state index in [4.69, 9.17) is 56.5 Å². The van der Waals surface area contributed by atoms with Crippen LogP contribution in [0.5, 0.6) is 40.2 Å². The first-order valence-corrected chi connectivity index (χ1v) is 19.2. The molecule has 5 rings (SSSR count). The van der Waals surface area contributed by atoms with Crippen LogP contribution in [-0.2, 0) is 57.2 Å². The quantitative estimate of drug-likeness (QED) is 0.0760. The lowest BCUT2D eigenvalue weighted by Crippen LogP contribution is -2.63. The summed E-state index contributed by atoms with van der Waals surface area (Å²) in [5, 5.41) is 11.0. The SMILES string of the molecule is COc1cc(-c2cc(=O)c3c(O)c(OC)c(O[C@@H]4O[C@H](COC(=O)/C=C/c5ccc(OC(C)=O)c(OC(C)=O)c5)[C@@H](OC(C)=O)[C@H](OC(C)=O)[C@H]4OC(C)=O)cc3o2)ccc1OC(C)=O. The number of aromatic hydroxyl groups is 1. The van der Waals surface area contributed by atoms with Crippen LogP contribution in [-0.4, -0.2) is 98.4 Å². The number of phenols is 1. The maximum absolute atomic E-state index is 13.5. The molecule has 65 heavy (non-hydrogen) atoms. The van der Waals surface area contributed by atoms with Gasteiger partial charge in [-0.25, -0.2) is 4.79 Å². The molecule has 1 aliphatic rings. The highest BCUT2D eigenvalue weighted by atomic mass is 16.7. The van der Waals surface area contributed by atoms with Gasteiger partial charge < -0.3 is 61.6 Å². The molecule has 0 amide bonds. The van der Waals surface area contributed by atoms with Crippen LogP contribution in [0.25, 0.3) is 28.4 Å². The van der Waals surface area contributed by atoms with E-state index >= 15 is 0 Å². The minimum absolute atomic E-state index is 0.0312. The number of ether oxygens (including phenoxy) is 11. The molecule has 1 saturated heterocycles. The summed E-state index contributed by atoms with van der Waals surface area (Å²) in [4.78, 5) is 98.8. The van der Waals surface area contributed by atoms with Gasteiger partial charge in [0.15, 0.2) is 52.1 Å². The van der Waals surface area contributed by atoms with E-state index in [0.717, 1.165) is 59.9 Å². The highest BCUT2D eigenvalue weighted by Gasteiger charge is 2.53. The van der Waals surface area contributed by atoms with Crippen molar-refractivity contribution < 1.29 is 95.2 Å². The van der Waals surface area contributed by atoms with Crippen molar-refractivity contribution in [3.8, 4) is 51.6 Å². The van der Waals surface area contributed by atoms with Crippen molar-refractivity contribution in [2.24, 2.45) is 0 Å². The number of rotatable bonds is 15. The first kappa shape index (κ1) is 48.1. The minimum Gasteiger partial charge on any atom is -0.504 e. The van der Waals surface area contributed by atoms with E-state index < -0.39 is 96.0 Å². The van der Waals surface area contributed by atoms with Gasteiger partial charge in [-0.1, -0.05) is 6.07 Å². The van der Waals surface area contributed by atoms with Crippen LogP contribution < -0.4 is 33.8 Å². The third-order valence-electron chi connectivity index (χ3n) is 8.84. The molecule has 3 aromatic carbocycles. The maximum Gasteiger partial charge on any atom is 0.330 e. The third kappa shape index (κ3) is 12.2. The zero-order valence-electron chi connectivity index (χ0n) is 36.0. The predicted octanol–water partition coefficient (Wildman–Crippen LogP) is 4.11. The van der Waals surface area contributed by atoms with Crippen molar-refractivity contribution in [2.75, 3.05) is 20.8 Å². The number of methoxy groups -OCH3 is 2. The van der Waals surface area contributed by atoms with Crippen LogP contribution in [0, 0.1) is 0 Å². The Morgan fingerprint density at radius 3 is 1.83 bits per heavy atom. The summed E-state index contributed by atoms with van der Waals surface area (Å²) in [6, 6.07) is 10.7. The first-order valence-electron chi connectivity index (χ1n) is 19.2. The van der Waals surface area contributed by atoms with Crippen molar-refractivity contribution in [2.45, 2.75) is 72.2 Å². The van der Waals surface area contributed by atoms with E-state index in [-0.39, 0.29) is 51.0 Å². The fraction of sp³-hybridized carbons (Fsp3) is 0.318. The molecule has 5 atom stereocenters. The van der Waals surface area contributed by atoms with Crippen LogP contribution in [0.15, 0.2) is 63.8 Å². The van der Waals surface area contributed by atoms with E-state index in [9.17, 15) is 43.5 Å². The Kier molecular flexibility index (Phi) is 15.5. The minimum atomic E-state index is -1.83. The molecule has 344 valence electrons. The van der Waals surface area contributed by atoms with Gasteiger partial charge in [-0.2, -0.15) is 0 Å². The van der Waals surface area contributed by atoms with Gasteiger partial charge in [0.1, 0.15) is 29.4 Å². The van der Waals surface area contributed by atoms with Crippen molar-refractivity contribution in [1.29, 1.82) is 0 Å². The average Bonchev–Trinajstić information content (AvgIpc) is 3.21. The molecular weight excluding hydrogens is 864 g/mol. The first-order chi connectivity index (χ1) is 30.8. The van der Waals surface area contributed by atoms with Crippen molar-refractivity contribution in [3.63, 3.8) is 0 Å². The van der Waals surface area contributed by atoms with E-state index in [1.807, 2.05) is 0 Å². The van der Waals surface area contributed by atoms with E-state index in [1.54, 1.807) is 0 Å². The number of esters is 7. The smallest absolute Gasteiger partial charge is 0.330 e. The van der Waals surface area contributed by atoms with Crippen molar-refractivity contribution in [1.82, 2.24) is 0 Å². The Morgan fingerprint density at radius 1 is 0.646 bits per heavy atom. The molecule has 1 aromatic heterocycles. The molecule has 21 nitrogen and oxygen atoms in total. The largest absolute Gasteiger partial charge is 0.504 e.